The van der Waals surface area contributed by atoms with E-state index in [1.54, 1.807) is 0 Å². The van der Waals surface area contributed by atoms with Crippen molar-refractivity contribution in [1.82, 2.24) is 10.9 Å². The predicted octanol–water partition coefficient (Wildman–Crippen LogP) is 1.93. The maximum Gasteiger partial charge on any atom is 0.0123 e. The van der Waals surface area contributed by atoms with E-state index in [1.807, 2.05) is 0 Å². The van der Waals surface area contributed by atoms with Gasteiger partial charge in [-0.1, -0.05) is 33.6 Å². The van der Waals surface area contributed by atoms with Gasteiger partial charge in [0.15, 0.2) is 0 Å². The molecule has 0 aliphatic carbocycles. The summed E-state index contributed by atoms with van der Waals surface area (Å²) in [5.74, 6) is 0.730. The minimum atomic E-state index is 0.730. The summed E-state index contributed by atoms with van der Waals surface area (Å²) in [6.07, 6.45) is 3.91. The van der Waals surface area contributed by atoms with Crippen LogP contribution in [0.15, 0.2) is 0 Å². The SMILES string of the molecule is CCCCCNNCC(C)C. The van der Waals surface area contributed by atoms with Gasteiger partial charge in [-0.25, -0.2) is 0 Å². The molecule has 2 nitrogen and oxygen atoms in total. The van der Waals surface area contributed by atoms with Crippen LogP contribution in [0.25, 0.3) is 0 Å². The van der Waals surface area contributed by atoms with Crippen LogP contribution in [-0.2, 0) is 0 Å². The molecule has 2 N–H and O–H groups in total. The smallest absolute Gasteiger partial charge is 0.0123 e. The maximum atomic E-state index is 3.20. The Morgan fingerprint density at radius 1 is 1.09 bits per heavy atom. The average Bonchev–Trinajstić information content (AvgIpc) is 1.96. The lowest BCUT2D eigenvalue weighted by atomic mass is 10.2. The van der Waals surface area contributed by atoms with Gasteiger partial charge < -0.3 is 0 Å². The molecule has 0 amide bonds. The summed E-state index contributed by atoms with van der Waals surface area (Å²) in [6.45, 7) is 8.80. The van der Waals surface area contributed by atoms with E-state index in [1.165, 1.54) is 19.3 Å². The third kappa shape index (κ3) is 9.92. The highest BCUT2D eigenvalue weighted by atomic mass is 15.3. The Balaban J connectivity index is 2.80. The van der Waals surface area contributed by atoms with Crippen molar-refractivity contribution in [2.75, 3.05) is 13.1 Å². The van der Waals surface area contributed by atoms with Gasteiger partial charge in [0.25, 0.3) is 0 Å². The van der Waals surface area contributed by atoms with Gasteiger partial charge in [-0.05, 0) is 12.3 Å². The first-order chi connectivity index (χ1) is 5.27. The van der Waals surface area contributed by atoms with Gasteiger partial charge in [0.2, 0.25) is 0 Å². The van der Waals surface area contributed by atoms with E-state index in [9.17, 15) is 0 Å². The lowest BCUT2D eigenvalue weighted by Gasteiger charge is -2.08. The third-order valence-corrected chi connectivity index (χ3v) is 1.54. The Bertz CT molecular complexity index is 72.0. The molecule has 0 atom stereocenters. The van der Waals surface area contributed by atoms with E-state index in [-0.39, 0.29) is 0 Å². The molecule has 0 fully saturated rings. The normalized spacial score (nSPS) is 10.9. The predicted molar refractivity (Wildman–Crippen MR) is 50.4 cm³/mol. The Morgan fingerprint density at radius 2 is 1.82 bits per heavy atom. The molecular weight excluding hydrogens is 136 g/mol. The van der Waals surface area contributed by atoms with Gasteiger partial charge in [0, 0.05) is 13.1 Å². The van der Waals surface area contributed by atoms with Crippen molar-refractivity contribution in [2.24, 2.45) is 5.92 Å². The molecule has 0 aliphatic rings. The molecule has 0 aromatic rings. The molecule has 0 aromatic carbocycles. The van der Waals surface area contributed by atoms with Gasteiger partial charge in [0.05, 0.1) is 0 Å². The molecule has 0 bridgehead atoms. The van der Waals surface area contributed by atoms with E-state index >= 15 is 0 Å². The zero-order valence-corrected chi connectivity index (χ0v) is 8.11. The fourth-order valence-corrected chi connectivity index (χ4v) is 0.828. The summed E-state index contributed by atoms with van der Waals surface area (Å²) >= 11 is 0. The number of nitrogens with one attached hydrogen (secondary N) is 2. The zero-order chi connectivity index (χ0) is 8.53. The molecule has 0 saturated heterocycles. The van der Waals surface area contributed by atoms with Crippen LogP contribution in [-0.4, -0.2) is 13.1 Å². The Morgan fingerprint density at radius 3 is 2.36 bits per heavy atom. The first-order valence-electron chi connectivity index (χ1n) is 4.73. The summed E-state index contributed by atoms with van der Waals surface area (Å²) in [4.78, 5) is 0. The minimum Gasteiger partial charge on any atom is -0.258 e. The maximum absolute atomic E-state index is 3.20. The van der Waals surface area contributed by atoms with Gasteiger partial charge >= 0.3 is 0 Å². The summed E-state index contributed by atoms with van der Waals surface area (Å²) < 4.78 is 0. The molecule has 0 unspecified atom stereocenters. The van der Waals surface area contributed by atoms with Crippen molar-refractivity contribution >= 4 is 0 Å². The number of hydrazine groups is 1. The van der Waals surface area contributed by atoms with Gasteiger partial charge in [-0.15, -0.1) is 0 Å². The molecule has 0 saturated carbocycles. The summed E-state index contributed by atoms with van der Waals surface area (Å²) in [6, 6.07) is 0. The number of hydrogen-bond donors (Lipinski definition) is 2. The van der Waals surface area contributed by atoms with Crippen molar-refractivity contribution < 1.29 is 0 Å². The second-order valence-electron chi connectivity index (χ2n) is 3.41. The lowest BCUT2D eigenvalue weighted by molar-refractivity contribution is 0.460. The highest BCUT2D eigenvalue weighted by Crippen LogP contribution is 1.90. The number of hydrogen-bond acceptors (Lipinski definition) is 2. The molecular formula is C9H22N2. The fraction of sp³-hybridized carbons (Fsp3) is 1.00. The minimum absolute atomic E-state index is 0.730. The van der Waals surface area contributed by atoms with Gasteiger partial charge in [0.1, 0.15) is 0 Å². The molecule has 0 aromatic heterocycles. The molecule has 0 spiro atoms. The van der Waals surface area contributed by atoms with Crippen molar-refractivity contribution in [3.8, 4) is 0 Å². The van der Waals surface area contributed by atoms with Crippen LogP contribution in [0.4, 0.5) is 0 Å². The largest absolute Gasteiger partial charge is 0.258 e. The molecule has 0 aliphatic heterocycles. The second kappa shape index (κ2) is 8.02. The van der Waals surface area contributed by atoms with Crippen LogP contribution in [0, 0.1) is 5.92 Å². The molecule has 2 heteroatoms. The second-order valence-corrected chi connectivity index (χ2v) is 3.41. The zero-order valence-electron chi connectivity index (χ0n) is 8.11. The van der Waals surface area contributed by atoms with Crippen LogP contribution in [0.2, 0.25) is 0 Å². The summed E-state index contributed by atoms with van der Waals surface area (Å²) in [7, 11) is 0. The standard InChI is InChI=1S/C9H22N2/c1-4-5-6-7-10-11-8-9(2)3/h9-11H,4-8H2,1-3H3. The fourth-order valence-electron chi connectivity index (χ4n) is 0.828. The molecule has 0 radical (unpaired) electrons. The number of unbranched alkanes of at least 4 members (excludes halogenated alkanes) is 2. The summed E-state index contributed by atoms with van der Waals surface area (Å²) in [5, 5.41) is 0. The molecule has 11 heavy (non-hydrogen) atoms. The molecule has 0 rings (SSSR count). The highest BCUT2D eigenvalue weighted by Gasteiger charge is 1.90. The number of rotatable bonds is 7. The van der Waals surface area contributed by atoms with E-state index in [4.69, 9.17) is 0 Å². The van der Waals surface area contributed by atoms with Gasteiger partial charge in [-0.3, -0.25) is 10.9 Å². The van der Waals surface area contributed by atoms with Crippen LogP contribution < -0.4 is 10.9 Å². The molecule has 68 valence electrons. The lowest BCUT2D eigenvalue weighted by Crippen LogP contribution is -2.35. The van der Waals surface area contributed by atoms with E-state index in [0.717, 1.165) is 19.0 Å². The van der Waals surface area contributed by atoms with Crippen molar-refractivity contribution in [3.63, 3.8) is 0 Å². The van der Waals surface area contributed by atoms with Crippen molar-refractivity contribution in [3.05, 3.63) is 0 Å². The first-order valence-corrected chi connectivity index (χ1v) is 4.73. The quantitative estimate of drug-likeness (QED) is 0.437. The topological polar surface area (TPSA) is 24.1 Å². The first kappa shape index (κ1) is 10.9. The summed E-state index contributed by atoms with van der Waals surface area (Å²) in [5.41, 5.74) is 6.40. The van der Waals surface area contributed by atoms with E-state index < -0.39 is 0 Å². The third-order valence-electron chi connectivity index (χ3n) is 1.54. The van der Waals surface area contributed by atoms with Crippen LogP contribution in [0.5, 0.6) is 0 Å². The Kier molecular flexibility index (Phi) is 7.96. The van der Waals surface area contributed by atoms with Crippen LogP contribution >= 0.6 is 0 Å². The van der Waals surface area contributed by atoms with E-state index in [2.05, 4.69) is 31.6 Å². The Labute approximate surface area is 70.7 Å². The average molecular weight is 158 g/mol. The van der Waals surface area contributed by atoms with Gasteiger partial charge in [-0.2, -0.15) is 0 Å². The van der Waals surface area contributed by atoms with Crippen LogP contribution in [0.1, 0.15) is 40.0 Å². The van der Waals surface area contributed by atoms with Crippen molar-refractivity contribution in [1.29, 1.82) is 0 Å². The van der Waals surface area contributed by atoms with Crippen molar-refractivity contribution in [2.45, 2.75) is 40.0 Å². The highest BCUT2D eigenvalue weighted by molar-refractivity contribution is 4.47. The Hall–Kier alpha value is -0.0800. The molecule has 0 heterocycles. The monoisotopic (exact) mass is 158 g/mol. The van der Waals surface area contributed by atoms with E-state index in [0.29, 0.717) is 0 Å². The van der Waals surface area contributed by atoms with Crippen LogP contribution in [0.3, 0.4) is 0 Å².